The van der Waals surface area contributed by atoms with E-state index in [0.717, 1.165) is 12.8 Å². The fraction of sp³-hybridized carbons (Fsp3) is 0.350. The Morgan fingerprint density at radius 1 is 1.08 bits per heavy atom. The standard InChI is InChI=1S/C20H22FNO3/c1-24-20(23)18-12-11-17(25-16-5-3-2-4-6-16)13-19(18)22-15-9-7-14(21)8-10-15/h7-13,16,22H,2-6H2,1H3. The number of carbonyl (C=O) groups is 1. The molecule has 0 radical (unpaired) electrons. The van der Waals surface area contributed by atoms with Gasteiger partial charge in [-0.3, -0.25) is 0 Å². The third kappa shape index (κ3) is 4.50. The Labute approximate surface area is 147 Å². The van der Waals surface area contributed by atoms with Crippen molar-refractivity contribution in [1.29, 1.82) is 0 Å². The first-order valence-corrected chi connectivity index (χ1v) is 8.57. The molecule has 0 atom stereocenters. The van der Waals surface area contributed by atoms with Crippen molar-refractivity contribution < 1.29 is 18.7 Å². The molecule has 1 aliphatic carbocycles. The van der Waals surface area contributed by atoms with E-state index in [9.17, 15) is 9.18 Å². The summed E-state index contributed by atoms with van der Waals surface area (Å²) in [7, 11) is 1.34. The number of rotatable bonds is 5. The zero-order chi connectivity index (χ0) is 17.6. The van der Waals surface area contributed by atoms with Crippen molar-refractivity contribution in [2.75, 3.05) is 12.4 Å². The highest BCUT2D eigenvalue weighted by Gasteiger charge is 2.17. The number of hydrogen-bond donors (Lipinski definition) is 1. The summed E-state index contributed by atoms with van der Waals surface area (Å²) in [5.41, 5.74) is 1.66. The molecule has 0 bridgehead atoms. The summed E-state index contributed by atoms with van der Waals surface area (Å²) in [5.74, 6) is -0.0360. The average molecular weight is 343 g/mol. The van der Waals surface area contributed by atoms with E-state index in [1.165, 1.54) is 38.5 Å². The summed E-state index contributed by atoms with van der Waals surface area (Å²) in [5, 5.41) is 3.15. The third-order valence-electron chi connectivity index (χ3n) is 4.37. The second kappa shape index (κ2) is 8.01. The molecule has 1 fully saturated rings. The van der Waals surface area contributed by atoms with Crippen molar-refractivity contribution in [1.82, 2.24) is 0 Å². The van der Waals surface area contributed by atoms with Gasteiger partial charge in [-0.05, 0) is 62.1 Å². The summed E-state index contributed by atoms with van der Waals surface area (Å²) in [4.78, 5) is 12.0. The fourth-order valence-corrected chi connectivity index (χ4v) is 3.05. The Balaban J connectivity index is 1.84. The molecule has 0 aliphatic heterocycles. The fourth-order valence-electron chi connectivity index (χ4n) is 3.05. The van der Waals surface area contributed by atoms with Gasteiger partial charge >= 0.3 is 5.97 Å². The Hall–Kier alpha value is -2.56. The summed E-state index contributed by atoms with van der Waals surface area (Å²) in [6.45, 7) is 0. The molecule has 25 heavy (non-hydrogen) atoms. The molecule has 4 nitrogen and oxygen atoms in total. The number of esters is 1. The molecule has 0 unspecified atom stereocenters. The lowest BCUT2D eigenvalue weighted by Crippen LogP contribution is -2.19. The van der Waals surface area contributed by atoms with Gasteiger partial charge in [0.2, 0.25) is 0 Å². The zero-order valence-corrected chi connectivity index (χ0v) is 14.3. The second-order valence-corrected chi connectivity index (χ2v) is 6.21. The lowest BCUT2D eigenvalue weighted by atomic mass is 9.98. The van der Waals surface area contributed by atoms with E-state index in [4.69, 9.17) is 9.47 Å². The number of methoxy groups -OCH3 is 1. The van der Waals surface area contributed by atoms with E-state index in [-0.39, 0.29) is 11.9 Å². The van der Waals surface area contributed by atoms with Gasteiger partial charge in [-0.1, -0.05) is 6.42 Å². The summed E-state index contributed by atoms with van der Waals surface area (Å²) in [6.07, 6.45) is 5.96. The predicted octanol–water partition coefficient (Wildman–Crippen LogP) is 5.07. The summed E-state index contributed by atoms with van der Waals surface area (Å²) < 4.78 is 24.0. The van der Waals surface area contributed by atoms with Crippen LogP contribution in [0.5, 0.6) is 5.75 Å². The van der Waals surface area contributed by atoms with Gasteiger partial charge in [0.1, 0.15) is 11.6 Å². The molecule has 0 spiro atoms. The smallest absolute Gasteiger partial charge is 0.339 e. The third-order valence-corrected chi connectivity index (χ3v) is 4.37. The van der Waals surface area contributed by atoms with Crippen molar-refractivity contribution >= 4 is 17.3 Å². The number of nitrogens with one attached hydrogen (secondary N) is 1. The van der Waals surface area contributed by atoms with Crippen LogP contribution in [-0.4, -0.2) is 19.2 Å². The number of halogens is 1. The number of carbonyl (C=O) groups excluding carboxylic acids is 1. The van der Waals surface area contributed by atoms with E-state index in [0.29, 0.717) is 22.7 Å². The van der Waals surface area contributed by atoms with Crippen LogP contribution in [-0.2, 0) is 4.74 Å². The Morgan fingerprint density at radius 2 is 1.80 bits per heavy atom. The van der Waals surface area contributed by atoms with Crippen LogP contribution in [0.25, 0.3) is 0 Å². The van der Waals surface area contributed by atoms with Gasteiger partial charge in [-0.15, -0.1) is 0 Å². The highest BCUT2D eigenvalue weighted by Crippen LogP contribution is 2.29. The topological polar surface area (TPSA) is 47.6 Å². The van der Waals surface area contributed by atoms with Crippen LogP contribution in [0.15, 0.2) is 42.5 Å². The molecule has 3 rings (SSSR count). The minimum absolute atomic E-state index is 0.219. The molecule has 1 N–H and O–H groups in total. The van der Waals surface area contributed by atoms with Gasteiger partial charge in [0.05, 0.1) is 24.5 Å². The molecule has 132 valence electrons. The van der Waals surface area contributed by atoms with Crippen molar-refractivity contribution in [2.45, 2.75) is 38.2 Å². The SMILES string of the molecule is COC(=O)c1ccc(OC2CCCCC2)cc1Nc1ccc(F)cc1. The monoisotopic (exact) mass is 343 g/mol. The van der Waals surface area contributed by atoms with E-state index in [2.05, 4.69) is 5.32 Å². The van der Waals surface area contributed by atoms with E-state index in [1.807, 2.05) is 0 Å². The van der Waals surface area contributed by atoms with Crippen LogP contribution in [0.4, 0.5) is 15.8 Å². The largest absolute Gasteiger partial charge is 0.490 e. The van der Waals surface area contributed by atoms with Crippen LogP contribution in [0, 0.1) is 5.82 Å². The van der Waals surface area contributed by atoms with Gasteiger partial charge < -0.3 is 14.8 Å². The molecule has 1 aliphatic rings. The van der Waals surface area contributed by atoms with Gasteiger partial charge in [0.15, 0.2) is 0 Å². The lowest BCUT2D eigenvalue weighted by Gasteiger charge is -2.23. The van der Waals surface area contributed by atoms with Crippen molar-refractivity contribution in [3.63, 3.8) is 0 Å². The molecule has 0 heterocycles. The minimum Gasteiger partial charge on any atom is -0.490 e. The zero-order valence-electron chi connectivity index (χ0n) is 14.3. The Bertz CT molecular complexity index is 724. The van der Waals surface area contributed by atoms with Gasteiger partial charge in [0.25, 0.3) is 0 Å². The van der Waals surface area contributed by atoms with Gasteiger partial charge in [-0.25, -0.2) is 9.18 Å². The van der Waals surface area contributed by atoms with Crippen molar-refractivity contribution in [3.05, 3.63) is 53.8 Å². The second-order valence-electron chi connectivity index (χ2n) is 6.21. The maximum Gasteiger partial charge on any atom is 0.339 e. The molecular weight excluding hydrogens is 321 g/mol. The maximum absolute atomic E-state index is 13.1. The maximum atomic E-state index is 13.1. The summed E-state index contributed by atoms with van der Waals surface area (Å²) >= 11 is 0. The van der Waals surface area contributed by atoms with Crippen LogP contribution in [0.2, 0.25) is 0 Å². The highest BCUT2D eigenvalue weighted by molar-refractivity contribution is 5.96. The first-order valence-electron chi connectivity index (χ1n) is 8.57. The van der Waals surface area contributed by atoms with Gasteiger partial charge in [0, 0.05) is 11.8 Å². The first-order chi connectivity index (χ1) is 12.2. The van der Waals surface area contributed by atoms with Crippen LogP contribution >= 0.6 is 0 Å². The van der Waals surface area contributed by atoms with E-state index >= 15 is 0 Å². The molecule has 5 heteroatoms. The number of hydrogen-bond acceptors (Lipinski definition) is 4. The number of ether oxygens (including phenoxy) is 2. The Kier molecular flexibility index (Phi) is 5.53. The highest BCUT2D eigenvalue weighted by atomic mass is 19.1. The Morgan fingerprint density at radius 3 is 2.48 bits per heavy atom. The lowest BCUT2D eigenvalue weighted by molar-refractivity contribution is 0.0602. The number of benzene rings is 2. The molecule has 2 aromatic carbocycles. The van der Waals surface area contributed by atoms with E-state index in [1.54, 1.807) is 30.3 Å². The quantitative estimate of drug-likeness (QED) is 0.770. The van der Waals surface area contributed by atoms with Crippen LogP contribution < -0.4 is 10.1 Å². The molecule has 2 aromatic rings. The minimum atomic E-state index is -0.436. The van der Waals surface area contributed by atoms with Crippen LogP contribution in [0.1, 0.15) is 42.5 Å². The number of anilines is 2. The van der Waals surface area contributed by atoms with Gasteiger partial charge in [-0.2, -0.15) is 0 Å². The first kappa shape index (κ1) is 17.3. The molecule has 1 saturated carbocycles. The molecule has 0 aromatic heterocycles. The molecule has 0 amide bonds. The molecule has 0 saturated heterocycles. The molecular formula is C20H22FNO3. The van der Waals surface area contributed by atoms with Crippen LogP contribution in [0.3, 0.4) is 0 Å². The van der Waals surface area contributed by atoms with Crippen molar-refractivity contribution in [3.8, 4) is 5.75 Å². The summed E-state index contributed by atoms with van der Waals surface area (Å²) in [6, 6.07) is 11.2. The van der Waals surface area contributed by atoms with E-state index < -0.39 is 5.97 Å². The average Bonchev–Trinajstić information content (AvgIpc) is 2.64. The normalized spacial score (nSPS) is 14.8. The predicted molar refractivity (Wildman–Crippen MR) is 95.0 cm³/mol. The van der Waals surface area contributed by atoms with Crippen molar-refractivity contribution in [2.24, 2.45) is 0 Å².